The molecule has 0 unspecified atom stereocenters. The smallest absolute Gasteiger partial charge is 0.248 e. The SMILES string of the molecule is CCOCc1cn(C2=NCC(=O)N3CCc4c(cccc4-c4nccs4)C3=C2)cn1. The van der Waals surface area contributed by atoms with Crippen LogP contribution in [0.25, 0.3) is 16.3 Å². The van der Waals surface area contributed by atoms with Gasteiger partial charge in [0.2, 0.25) is 5.91 Å². The minimum absolute atomic E-state index is 0.0104. The molecule has 0 saturated carbocycles. The van der Waals surface area contributed by atoms with Crippen LogP contribution in [0.2, 0.25) is 0 Å². The number of benzene rings is 1. The Labute approximate surface area is 178 Å². The number of imidazole rings is 1. The van der Waals surface area contributed by atoms with Crippen molar-refractivity contribution in [1.82, 2.24) is 19.4 Å². The summed E-state index contributed by atoms with van der Waals surface area (Å²) in [5, 5.41) is 2.99. The molecule has 0 bridgehead atoms. The second-order valence-electron chi connectivity index (χ2n) is 7.08. The Morgan fingerprint density at radius 3 is 2.97 bits per heavy atom. The molecule has 0 N–H and O–H groups in total. The maximum absolute atomic E-state index is 12.8. The van der Waals surface area contributed by atoms with Gasteiger partial charge in [-0.25, -0.2) is 9.97 Å². The van der Waals surface area contributed by atoms with E-state index in [0.717, 1.165) is 33.9 Å². The number of allylic oxidation sites excluding steroid dienone is 1. The van der Waals surface area contributed by atoms with Crippen LogP contribution >= 0.6 is 11.3 Å². The lowest BCUT2D eigenvalue weighted by Gasteiger charge is -2.31. The van der Waals surface area contributed by atoms with Crippen LogP contribution in [0.15, 0.2) is 53.4 Å². The van der Waals surface area contributed by atoms with Gasteiger partial charge in [-0.1, -0.05) is 18.2 Å². The van der Waals surface area contributed by atoms with E-state index in [1.165, 1.54) is 5.56 Å². The van der Waals surface area contributed by atoms with E-state index in [1.807, 2.05) is 46.3 Å². The number of fused-ring (bicyclic) bond motifs is 3. The van der Waals surface area contributed by atoms with Crippen molar-refractivity contribution in [3.8, 4) is 10.6 Å². The first-order chi connectivity index (χ1) is 14.7. The topological polar surface area (TPSA) is 72.6 Å². The Kier molecular flexibility index (Phi) is 5.02. The van der Waals surface area contributed by atoms with Crippen LogP contribution in [0.3, 0.4) is 0 Å². The molecule has 1 amide bonds. The minimum Gasteiger partial charge on any atom is -0.375 e. The first-order valence-electron chi connectivity index (χ1n) is 9.94. The number of aliphatic imine (C=N–C) groups is 1. The normalized spacial score (nSPS) is 15.9. The Morgan fingerprint density at radius 2 is 2.13 bits per heavy atom. The molecule has 2 aliphatic rings. The lowest BCUT2D eigenvalue weighted by atomic mass is 9.92. The lowest BCUT2D eigenvalue weighted by Crippen LogP contribution is -2.36. The Hall–Kier alpha value is -3.10. The third kappa shape index (κ3) is 3.38. The van der Waals surface area contributed by atoms with Crippen LogP contribution in [0.4, 0.5) is 0 Å². The Morgan fingerprint density at radius 1 is 1.23 bits per heavy atom. The fourth-order valence-corrected chi connectivity index (χ4v) is 4.58. The van der Waals surface area contributed by atoms with Crippen LogP contribution < -0.4 is 0 Å². The van der Waals surface area contributed by atoms with Crippen molar-refractivity contribution < 1.29 is 9.53 Å². The van der Waals surface area contributed by atoms with Gasteiger partial charge in [-0.3, -0.25) is 14.4 Å². The van der Waals surface area contributed by atoms with Crippen LogP contribution in [0.5, 0.6) is 0 Å². The van der Waals surface area contributed by atoms with E-state index in [4.69, 9.17) is 4.74 Å². The van der Waals surface area contributed by atoms with Gasteiger partial charge in [0.25, 0.3) is 0 Å². The molecule has 0 radical (unpaired) electrons. The molecular formula is C22H21N5O2S. The highest BCUT2D eigenvalue weighted by Crippen LogP contribution is 2.36. The number of hydrogen-bond donors (Lipinski definition) is 0. The highest BCUT2D eigenvalue weighted by molar-refractivity contribution is 7.13. The van der Waals surface area contributed by atoms with E-state index in [2.05, 4.69) is 27.1 Å². The highest BCUT2D eigenvalue weighted by atomic mass is 32.1. The van der Waals surface area contributed by atoms with Crippen molar-refractivity contribution in [3.63, 3.8) is 0 Å². The number of thiazole rings is 1. The van der Waals surface area contributed by atoms with Gasteiger partial charge in [-0.05, 0) is 18.9 Å². The summed E-state index contributed by atoms with van der Waals surface area (Å²) in [7, 11) is 0. The number of aromatic nitrogens is 3. The van der Waals surface area contributed by atoms with Crippen molar-refractivity contribution in [2.45, 2.75) is 20.0 Å². The Balaban J connectivity index is 1.57. The fraction of sp³-hybridized carbons (Fsp3) is 0.273. The van der Waals surface area contributed by atoms with Crippen molar-refractivity contribution in [2.75, 3.05) is 19.7 Å². The molecule has 30 heavy (non-hydrogen) atoms. The molecule has 2 aromatic heterocycles. The molecule has 3 aromatic rings. The largest absolute Gasteiger partial charge is 0.375 e. The summed E-state index contributed by atoms with van der Waals surface area (Å²) in [4.78, 5) is 28.1. The summed E-state index contributed by atoms with van der Waals surface area (Å²) in [6.07, 6.45) is 8.24. The quantitative estimate of drug-likeness (QED) is 0.651. The number of ether oxygens (including phenoxy) is 1. The first kappa shape index (κ1) is 18.9. The molecule has 0 saturated heterocycles. The van der Waals surface area contributed by atoms with Gasteiger partial charge in [0.15, 0.2) is 0 Å². The summed E-state index contributed by atoms with van der Waals surface area (Å²) >= 11 is 1.63. The van der Waals surface area contributed by atoms with Crippen LogP contribution in [-0.4, -0.2) is 50.9 Å². The van der Waals surface area contributed by atoms with Gasteiger partial charge in [-0.2, -0.15) is 0 Å². The predicted octanol–water partition coefficient (Wildman–Crippen LogP) is 3.23. The van der Waals surface area contributed by atoms with Crippen molar-refractivity contribution in [1.29, 1.82) is 0 Å². The third-order valence-corrected chi connectivity index (χ3v) is 6.10. The van der Waals surface area contributed by atoms with Crippen LogP contribution in [0.1, 0.15) is 23.7 Å². The van der Waals surface area contributed by atoms with E-state index < -0.39 is 0 Å². The molecule has 0 fully saturated rings. The van der Waals surface area contributed by atoms with E-state index in [9.17, 15) is 4.79 Å². The van der Waals surface area contributed by atoms with Gasteiger partial charge >= 0.3 is 0 Å². The number of rotatable bonds is 4. The van der Waals surface area contributed by atoms with Crippen molar-refractivity contribution in [3.05, 3.63) is 65.2 Å². The van der Waals surface area contributed by atoms with E-state index >= 15 is 0 Å². The average molecular weight is 420 g/mol. The third-order valence-electron chi connectivity index (χ3n) is 5.29. The molecule has 5 rings (SSSR count). The standard InChI is InChI=1S/C22H21N5O2S/c1-2-29-13-15-12-26(14-25-15)20-10-19-17-4-3-5-18(22-23-7-9-30-22)16(17)6-8-27(19)21(28)11-24-20/h3-5,7,9-10,12,14H,2,6,8,11,13H2,1H3. The maximum atomic E-state index is 12.8. The summed E-state index contributed by atoms with van der Waals surface area (Å²) < 4.78 is 7.30. The zero-order valence-corrected chi connectivity index (χ0v) is 17.4. The highest BCUT2D eigenvalue weighted by Gasteiger charge is 2.30. The van der Waals surface area contributed by atoms with E-state index in [0.29, 0.717) is 25.6 Å². The molecule has 0 atom stereocenters. The van der Waals surface area contributed by atoms with Crippen molar-refractivity contribution in [2.24, 2.45) is 4.99 Å². The molecule has 2 aliphatic heterocycles. The number of amides is 1. The van der Waals surface area contributed by atoms with E-state index in [-0.39, 0.29) is 12.5 Å². The van der Waals surface area contributed by atoms with Gasteiger partial charge in [0.05, 0.1) is 18.0 Å². The second-order valence-corrected chi connectivity index (χ2v) is 7.97. The molecule has 4 heterocycles. The molecule has 152 valence electrons. The number of hydrogen-bond acceptors (Lipinski definition) is 6. The number of carbonyl (C=O) groups is 1. The summed E-state index contributed by atoms with van der Waals surface area (Å²) in [6.45, 7) is 3.81. The molecular weight excluding hydrogens is 398 g/mol. The van der Waals surface area contributed by atoms with Crippen LogP contribution in [0, 0.1) is 0 Å². The van der Waals surface area contributed by atoms with Gasteiger partial charge in [0, 0.05) is 48.1 Å². The average Bonchev–Trinajstić information content (AvgIpc) is 3.44. The fourth-order valence-electron chi connectivity index (χ4n) is 3.89. The molecule has 1 aromatic carbocycles. The predicted molar refractivity (Wildman–Crippen MR) is 116 cm³/mol. The molecule has 7 nitrogen and oxygen atoms in total. The van der Waals surface area contributed by atoms with Crippen LogP contribution in [-0.2, 0) is 22.6 Å². The second kappa shape index (κ2) is 7.97. The lowest BCUT2D eigenvalue weighted by molar-refractivity contribution is -0.126. The summed E-state index contributed by atoms with van der Waals surface area (Å²) in [5.41, 5.74) is 5.15. The van der Waals surface area contributed by atoms with Gasteiger partial charge in [-0.15, -0.1) is 11.3 Å². The zero-order valence-electron chi connectivity index (χ0n) is 16.6. The van der Waals surface area contributed by atoms with E-state index in [1.54, 1.807) is 17.7 Å². The Bertz CT molecular complexity index is 1150. The summed E-state index contributed by atoms with van der Waals surface area (Å²) in [5.74, 6) is 0.708. The summed E-state index contributed by atoms with van der Waals surface area (Å²) in [6, 6.07) is 6.22. The van der Waals surface area contributed by atoms with Gasteiger partial charge < -0.3 is 9.64 Å². The monoisotopic (exact) mass is 419 g/mol. The van der Waals surface area contributed by atoms with Crippen molar-refractivity contribution >= 4 is 28.8 Å². The number of carbonyl (C=O) groups excluding carboxylic acids is 1. The number of nitrogens with zero attached hydrogens (tertiary/aromatic N) is 5. The molecule has 0 aliphatic carbocycles. The minimum atomic E-state index is 0.0104. The first-order valence-corrected chi connectivity index (χ1v) is 10.8. The molecule has 0 spiro atoms. The maximum Gasteiger partial charge on any atom is 0.248 e. The zero-order chi connectivity index (χ0) is 20.5. The molecule has 8 heteroatoms. The van der Waals surface area contributed by atoms with Gasteiger partial charge in [0.1, 0.15) is 23.7 Å².